The van der Waals surface area contributed by atoms with Gasteiger partial charge >= 0.3 is 0 Å². The van der Waals surface area contributed by atoms with Gasteiger partial charge in [0, 0.05) is 24.7 Å². The predicted octanol–water partition coefficient (Wildman–Crippen LogP) is 4.13. The number of amides is 1. The Morgan fingerprint density at radius 3 is 2.31 bits per heavy atom. The van der Waals surface area contributed by atoms with Crippen LogP contribution in [0.3, 0.4) is 0 Å². The second-order valence-corrected chi connectivity index (χ2v) is 7.59. The van der Waals surface area contributed by atoms with Gasteiger partial charge in [0.15, 0.2) is 0 Å². The maximum Gasteiger partial charge on any atom is 0.256 e. The summed E-state index contributed by atoms with van der Waals surface area (Å²) in [7, 11) is 1.46. The number of nitrogens with one attached hydrogen (secondary N) is 1. The quantitative estimate of drug-likeness (QED) is 0.808. The van der Waals surface area contributed by atoms with Crippen molar-refractivity contribution in [3.63, 3.8) is 0 Å². The van der Waals surface area contributed by atoms with Gasteiger partial charge in [-0.2, -0.15) is 0 Å². The van der Waals surface area contributed by atoms with Gasteiger partial charge in [-0.05, 0) is 67.6 Å². The Balaban J connectivity index is 0.00000240. The van der Waals surface area contributed by atoms with Crippen molar-refractivity contribution in [2.45, 2.75) is 12.8 Å². The number of benzene rings is 2. The van der Waals surface area contributed by atoms with Gasteiger partial charge in [-0.25, -0.2) is 8.78 Å². The summed E-state index contributed by atoms with van der Waals surface area (Å²) >= 11 is 0. The van der Waals surface area contributed by atoms with Crippen LogP contribution in [-0.4, -0.2) is 44.1 Å². The van der Waals surface area contributed by atoms with Crippen LogP contribution in [0.5, 0.6) is 5.75 Å². The topological polar surface area (TPSA) is 41.6 Å². The number of likely N-dealkylation sites (tertiary alicyclic amines) is 1. The molecule has 0 spiro atoms. The summed E-state index contributed by atoms with van der Waals surface area (Å²) in [5, 5.41) is 3.41. The summed E-state index contributed by atoms with van der Waals surface area (Å²) < 4.78 is 34.0. The molecule has 0 bridgehead atoms. The molecule has 4 nitrogen and oxygen atoms in total. The van der Waals surface area contributed by atoms with E-state index in [0.717, 1.165) is 25.9 Å². The molecule has 2 fully saturated rings. The fourth-order valence-corrected chi connectivity index (χ4v) is 4.30. The van der Waals surface area contributed by atoms with E-state index in [4.69, 9.17) is 4.74 Å². The summed E-state index contributed by atoms with van der Waals surface area (Å²) in [5.74, 6) is 0.197. The van der Waals surface area contributed by atoms with Crippen LogP contribution in [0.15, 0.2) is 36.4 Å². The van der Waals surface area contributed by atoms with E-state index in [2.05, 4.69) is 5.32 Å². The van der Waals surface area contributed by atoms with Crippen LogP contribution in [0, 0.1) is 23.5 Å². The number of hydrogen-bond donors (Lipinski definition) is 1. The maximum absolute atomic E-state index is 14.7. The number of rotatable bonds is 3. The first kappa shape index (κ1) is 21.5. The van der Waals surface area contributed by atoms with E-state index in [1.807, 2.05) is 0 Å². The first-order valence-electron chi connectivity index (χ1n) is 9.70. The van der Waals surface area contributed by atoms with Crippen molar-refractivity contribution >= 4 is 18.3 Å². The third-order valence-electron chi connectivity index (χ3n) is 5.99. The van der Waals surface area contributed by atoms with Crippen LogP contribution in [-0.2, 0) is 0 Å². The third-order valence-corrected chi connectivity index (χ3v) is 5.99. The van der Waals surface area contributed by atoms with E-state index in [0.29, 0.717) is 36.2 Å². The van der Waals surface area contributed by atoms with Gasteiger partial charge in [-0.15, -0.1) is 12.4 Å². The van der Waals surface area contributed by atoms with Crippen molar-refractivity contribution in [1.29, 1.82) is 0 Å². The summed E-state index contributed by atoms with van der Waals surface area (Å²) in [6.45, 7) is 3.30. The zero-order valence-corrected chi connectivity index (χ0v) is 17.1. The minimum absolute atomic E-state index is 0. The monoisotopic (exact) mass is 422 g/mol. The van der Waals surface area contributed by atoms with Crippen LogP contribution in [0.25, 0.3) is 11.1 Å². The van der Waals surface area contributed by atoms with E-state index in [1.165, 1.54) is 25.3 Å². The second kappa shape index (κ2) is 9.09. The summed E-state index contributed by atoms with van der Waals surface area (Å²) in [4.78, 5) is 14.6. The molecule has 1 N–H and O–H groups in total. The Morgan fingerprint density at radius 2 is 1.72 bits per heavy atom. The molecule has 29 heavy (non-hydrogen) atoms. The number of nitrogens with zero attached hydrogens (tertiary/aromatic N) is 1. The standard InChI is InChI=1S/C22H24F2N2O2.ClH/c1-28-17-3-5-18(21(24)11-17)14-2-4-19(20(23)10-14)22(27)26-8-6-15-12-25-13-16(15)7-9-26;/h2-5,10-11,15-16,25H,6-9,12-13H2,1H3;1H/t15-,16+;. The zero-order valence-electron chi connectivity index (χ0n) is 16.3. The Hall–Kier alpha value is -2.18. The second-order valence-electron chi connectivity index (χ2n) is 7.59. The molecule has 2 atom stereocenters. The van der Waals surface area contributed by atoms with Crippen LogP contribution in [0.4, 0.5) is 8.78 Å². The molecule has 0 aromatic heterocycles. The largest absolute Gasteiger partial charge is 0.497 e. The number of methoxy groups -OCH3 is 1. The average Bonchev–Trinajstić information content (AvgIpc) is 3.05. The Bertz CT molecular complexity index is 879. The van der Waals surface area contributed by atoms with Gasteiger partial charge in [0.25, 0.3) is 5.91 Å². The molecule has 0 unspecified atom stereocenters. The van der Waals surface area contributed by atoms with Gasteiger partial charge in [0.1, 0.15) is 17.4 Å². The molecule has 2 aromatic rings. The fourth-order valence-electron chi connectivity index (χ4n) is 4.30. The molecular formula is C22H25ClF2N2O2. The fraction of sp³-hybridized carbons (Fsp3) is 0.409. The van der Waals surface area contributed by atoms with Crippen LogP contribution in [0.2, 0.25) is 0 Å². The highest BCUT2D eigenvalue weighted by Gasteiger charge is 2.32. The lowest BCUT2D eigenvalue weighted by Crippen LogP contribution is -2.33. The minimum Gasteiger partial charge on any atom is -0.497 e. The van der Waals surface area contributed by atoms with Gasteiger partial charge in [0.05, 0.1) is 12.7 Å². The molecule has 2 aromatic carbocycles. The lowest BCUT2D eigenvalue weighted by atomic mass is 9.92. The normalized spacial score (nSPS) is 21.1. The summed E-state index contributed by atoms with van der Waals surface area (Å²) in [6, 6.07) is 8.72. The number of carbonyl (C=O) groups is 1. The molecular weight excluding hydrogens is 398 g/mol. The van der Waals surface area contributed by atoms with E-state index < -0.39 is 11.6 Å². The molecule has 1 amide bonds. The number of halogens is 3. The SMILES string of the molecule is COc1ccc(-c2ccc(C(=O)N3CC[C@@H]4CNC[C@@H]4CC3)c(F)c2)c(F)c1.Cl. The number of hydrogen-bond acceptors (Lipinski definition) is 3. The molecule has 2 aliphatic rings. The number of ether oxygens (including phenoxy) is 1. The molecule has 7 heteroatoms. The highest BCUT2D eigenvalue weighted by molar-refractivity contribution is 5.95. The Labute approximate surface area is 175 Å². The molecule has 0 radical (unpaired) electrons. The van der Waals surface area contributed by atoms with Gasteiger partial charge in [0.2, 0.25) is 0 Å². The van der Waals surface area contributed by atoms with Crippen molar-refractivity contribution in [3.8, 4) is 16.9 Å². The van der Waals surface area contributed by atoms with E-state index >= 15 is 0 Å². The van der Waals surface area contributed by atoms with Gasteiger partial charge in [-0.1, -0.05) is 6.07 Å². The molecule has 0 saturated carbocycles. The summed E-state index contributed by atoms with van der Waals surface area (Å²) in [6.07, 6.45) is 1.89. The average molecular weight is 423 g/mol. The zero-order chi connectivity index (χ0) is 19.7. The molecule has 2 heterocycles. The Kier molecular flexibility index (Phi) is 6.75. The van der Waals surface area contributed by atoms with Crippen molar-refractivity contribution < 1.29 is 18.3 Å². The van der Waals surface area contributed by atoms with Crippen LogP contribution < -0.4 is 10.1 Å². The highest BCUT2D eigenvalue weighted by Crippen LogP contribution is 2.30. The lowest BCUT2D eigenvalue weighted by Gasteiger charge is -2.21. The van der Waals surface area contributed by atoms with E-state index in [-0.39, 0.29) is 29.4 Å². The molecule has 2 aliphatic heterocycles. The first-order valence-corrected chi connectivity index (χ1v) is 9.70. The number of carbonyl (C=O) groups excluding carboxylic acids is 1. The van der Waals surface area contributed by atoms with Crippen molar-refractivity contribution in [2.75, 3.05) is 33.3 Å². The Morgan fingerprint density at radius 1 is 1.03 bits per heavy atom. The van der Waals surface area contributed by atoms with Crippen LogP contribution in [0.1, 0.15) is 23.2 Å². The van der Waals surface area contributed by atoms with Gasteiger partial charge in [-0.3, -0.25) is 4.79 Å². The third kappa shape index (κ3) is 4.38. The van der Waals surface area contributed by atoms with Crippen molar-refractivity contribution in [2.24, 2.45) is 11.8 Å². The van der Waals surface area contributed by atoms with Gasteiger partial charge < -0.3 is 15.0 Å². The van der Waals surface area contributed by atoms with E-state index in [9.17, 15) is 13.6 Å². The highest BCUT2D eigenvalue weighted by atomic mass is 35.5. The molecule has 0 aliphatic carbocycles. The molecule has 156 valence electrons. The van der Waals surface area contributed by atoms with Crippen molar-refractivity contribution in [3.05, 3.63) is 53.6 Å². The smallest absolute Gasteiger partial charge is 0.256 e. The lowest BCUT2D eigenvalue weighted by molar-refractivity contribution is 0.0754. The predicted molar refractivity (Wildman–Crippen MR) is 111 cm³/mol. The minimum atomic E-state index is -0.621. The van der Waals surface area contributed by atoms with Crippen molar-refractivity contribution in [1.82, 2.24) is 10.2 Å². The molecule has 2 saturated heterocycles. The first-order chi connectivity index (χ1) is 13.6. The summed E-state index contributed by atoms with van der Waals surface area (Å²) in [5.41, 5.74) is 0.710. The molecule has 4 rings (SSSR count). The van der Waals surface area contributed by atoms with Crippen LogP contribution >= 0.6 is 12.4 Å². The maximum atomic E-state index is 14.7. The van der Waals surface area contributed by atoms with E-state index in [1.54, 1.807) is 23.1 Å². The number of fused-ring (bicyclic) bond motifs is 1.